The van der Waals surface area contributed by atoms with Gasteiger partial charge in [-0.25, -0.2) is 9.97 Å². The Hall–Kier alpha value is -2.67. The van der Waals surface area contributed by atoms with Gasteiger partial charge in [-0.1, -0.05) is 19.1 Å². The lowest BCUT2D eigenvalue weighted by molar-refractivity contribution is 0.0743. The molecule has 1 aliphatic heterocycles. The lowest BCUT2D eigenvalue weighted by Gasteiger charge is -2.35. The van der Waals surface area contributed by atoms with Crippen molar-refractivity contribution in [2.45, 2.75) is 13.3 Å². The van der Waals surface area contributed by atoms with E-state index in [1.54, 1.807) is 24.8 Å². The first kappa shape index (κ1) is 17.7. The van der Waals surface area contributed by atoms with Crippen LogP contribution in [0.5, 0.6) is 5.75 Å². The molecule has 1 fully saturated rings. The predicted octanol–water partition coefficient (Wildman–Crippen LogP) is 3.22. The summed E-state index contributed by atoms with van der Waals surface area (Å²) in [4.78, 5) is 28.3. The number of piperazine rings is 1. The Balaban J connectivity index is 1.51. The van der Waals surface area contributed by atoms with E-state index in [1.165, 1.54) is 4.88 Å². The molecule has 1 aromatic carbocycles. The molecule has 2 aromatic heterocycles. The molecule has 0 N–H and O–H groups in total. The average Bonchev–Trinajstić information content (AvgIpc) is 3.17. The number of ether oxygens (including phenoxy) is 1. The summed E-state index contributed by atoms with van der Waals surface area (Å²) in [7, 11) is 1.59. The molecule has 0 bridgehead atoms. The maximum atomic E-state index is 12.9. The monoisotopic (exact) mass is 382 g/mol. The Labute approximate surface area is 162 Å². The second kappa shape index (κ2) is 7.52. The van der Waals surface area contributed by atoms with Gasteiger partial charge in [-0.15, -0.1) is 11.3 Å². The third-order valence-corrected chi connectivity index (χ3v) is 6.10. The molecule has 0 unspecified atom stereocenters. The van der Waals surface area contributed by atoms with Crippen molar-refractivity contribution in [3.05, 3.63) is 47.1 Å². The number of carbonyl (C=O) groups is 1. The van der Waals surface area contributed by atoms with Gasteiger partial charge in [0.2, 0.25) is 0 Å². The van der Waals surface area contributed by atoms with E-state index in [1.807, 2.05) is 29.2 Å². The van der Waals surface area contributed by atoms with Crippen LogP contribution in [-0.2, 0) is 6.42 Å². The highest BCUT2D eigenvalue weighted by Crippen LogP contribution is 2.31. The third kappa shape index (κ3) is 3.35. The van der Waals surface area contributed by atoms with Crippen LogP contribution in [0, 0.1) is 0 Å². The van der Waals surface area contributed by atoms with Gasteiger partial charge in [-0.2, -0.15) is 0 Å². The number of thiophene rings is 1. The third-order valence-electron chi connectivity index (χ3n) is 4.91. The van der Waals surface area contributed by atoms with Crippen LogP contribution in [0.4, 0.5) is 5.82 Å². The van der Waals surface area contributed by atoms with Crippen molar-refractivity contribution in [2.24, 2.45) is 0 Å². The van der Waals surface area contributed by atoms with Gasteiger partial charge in [-0.3, -0.25) is 4.79 Å². The quantitative estimate of drug-likeness (QED) is 0.693. The summed E-state index contributed by atoms with van der Waals surface area (Å²) < 4.78 is 5.34. The molecular formula is C20H22N4O2S. The topological polar surface area (TPSA) is 58.6 Å². The van der Waals surface area contributed by atoms with Crippen LogP contribution in [0.15, 0.2) is 36.7 Å². The van der Waals surface area contributed by atoms with E-state index in [-0.39, 0.29) is 5.91 Å². The number of aromatic nitrogens is 2. The fourth-order valence-corrected chi connectivity index (χ4v) is 4.36. The Morgan fingerprint density at radius 2 is 1.96 bits per heavy atom. The van der Waals surface area contributed by atoms with E-state index >= 15 is 0 Å². The van der Waals surface area contributed by atoms with E-state index in [9.17, 15) is 4.79 Å². The van der Waals surface area contributed by atoms with Crippen LogP contribution in [0.25, 0.3) is 10.2 Å². The summed E-state index contributed by atoms with van der Waals surface area (Å²) >= 11 is 1.73. The molecule has 1 amide bonds. The van der Waals surface area contributed by atoms with Crippen molar-refractivity contribution in [3.63, 3.8) is 0 Å². The summed E-state index contributed by atoms with van der Waals surface area (Å²) in [6.45, 7) is 4.98. The zero-order valence-corrected chi connectivity index (χ0v) is 16.3. The number of benzene rings is 1. The average molecular weight is 382 g/mol. The second-order valence-electron chi connectivity index (χ2n) is 6.46. The van der Waals surface area contributed by atoms with Crippen molar-refractivity contribution < 1.29 is 9.53 Å². The minimum absolute atomic E-state index is 0.0173. The summed E-state index contributed by atoms with van der Waals surface area (Å²) in [5.41, 5.74) is 0.614. The Bertz CT molecular complexity index is 964. The van der Waals surface area contributed by atoms with Crippen LogP contribution < -0.4 is 9.64 Å². The number of hydrogen-bond acceptors (Lipinski definition) is 6. The largest absolute Gasteiger partial charge is 0.496 e. The summed E-state index contributed by atoms with van der Waals surface area (Å²) in [6.07, 6.45) is 2.64. The highest BCUT2D eigenvalue weighted by molar-refractivity contribution is 7.18. The molecule has 6 nitrogen and oxygen atoms in total. The number of anilines is 1. The maximum absolute atomic E-state index is 12.9. The molecule has 3 aromatic rings. The number of nitrogens with zero attached hydrogens (tertiary/aromatic N) is 4. The van der Waals surface area contributed by atoms with Gasteiger partial charge in [0.1, 0.15) is 22.7 Å². The molecule has 1 saturated heterocycles. The normalized spacial score (nSPS) is 14.6. The van der Waals surface area contributed by atoms with E-state index in [0.29, 0.717) is 24.4 Å². The molecular weight excluding hydrogens is 360 g/mol. The van der Waals surface area contributed by atoms with Gasteiger partial charge in [0.15, 0.2) is 0 Å². The van der Waals surface area contributed by atoms with E-state index < -0.39 is 0 Å². The SMILES string of the molecule is CCc1cc2c(N3CCN(C(=O)c4ccccc4OC)CC3)ncnc2s1. The van der Waals surface area contributed by atoms with Crippen LogP contribution in [0.2, 0.25) is 0 Å². The first-order valence-electron chi connectivity index (χ1n) is 9.12. The number of rotatable bonds is 4. The van der Waals surface area contributed by atoms with Crippen LogP contribution >= 0.6 is 11.3 Å². The van der Waals surface area contributed by atoms with Crippen molar-refractivity contribution in [3.8, 4) is 5.75 Å². The van der Waals surface area contributed by atoms with E-state index in [4.69, 9.17) is 4.74 Å². The highest BCUT2D eigenvalue weighted by Gasteiger charge is 2.25. The fourth-order valence-electron chi connectivity index (χ4n) is 3.43. The zero-order valence-electron chi connectivity index (χ0n) is 15.5. The lowest BCUT2D eigenvalue weighted by Crippen LogP contribution is -2.49. The summed E-state index contributed by atoms with van der Waals surface area (Å²) in [5, 5.41) is 1.11. The minimum atomic E-state index is 0.0173. The predicted molar refractivity (Wildman–Crippen MR) is 108 cm³/mol. The fraction of sp³-hybridized carbons (Fsp3) is 0.350. The second-order valence-corrected chi connectivity index (χ2v) is 7.58. The van der Waals surface area contributed by atoms with E-state index in [0.717, 1.165) is 35.5 Å². The molecule has 1 aliphatic rings. The van der Waals surface area contributed by atoms with Crippen LogP contribution in [0.3, 0.4) is 0 Å². The first-order chi connectivity index (χ1) is 13.2. The molecule has 0 aliphatic carbocycles. The van der Waals surface area contributed by atoms with Gasteiger partial charge in [0, 0.05) is 31.1 Å². The molecule has 140 valence electrons. The van der Waals surface area contributed by atoms with Crippen molar-refractivity contribution >= 4 is 33.3 Å². The lowest BCUT2D eigenvalue weighted by atomic mass is 10.1. The zero-order chi connectivity index (χ0) is 18.8. The number of para-hydroxylation sites is 1. The van der Waals surface area contributed by atoms with Crippen LogP contribution in [-0.4, -0.2) is 54.1 Å². The number of carbonyl (C=O) groups excluding carboxylic acids is 1. The smallest absolute Gasteiger partial charge is 0.257 e. The van der Waals surface area contributed by atoms with E-state index in [2.05, 4.69) is 27.9 Å². The van der Waals surface area contributed by atoms with Crippen LogP contribution in [0.1, 0.15) is 22.2 Å². The first-order valence-corrected chi connectivity index (χ1v) is 9.93. The molecule has 0 spiro atoms. The maximum Gasteiger partial charge on any atom is 0.257 e. The molecule has 0 radical (unpaired) electrons. The number of amides is 1. The molecule has 4 rings (SSSR count). The van der Waals surface area contributed by atoms with Crippen molar-refractivity contribution in [1.29, 1.82) is 0 Å². The van der Waals surface area contributed by atoms with Gasteiger partial charge >= 0.3 is 0 Å². The van der Waals surface area contributed by atoms with Crippen molar-refractivity contribution in [2.75, 3.05) is 38.2 Å². The number of fused-ring (bicyclic) bond motifs is 1. The molecule has 7 heteroatoms. The van der Waals surface area contributed by atoms with Crippen molar-refractivity contribution in [1.82, 2.24) is 14.9 Å². The number of aryl methyl sites for hydroxylation is 1. The standard InChI is InChI=1S/C20H22N4O2S/c1-3-14-12-16-18(21-13-22-19(16)27-14)23-8-10-24(11-9-23)20(25)15-6-4-5-7-17(15)26-2/h4-7,12-13H,3,8-11H2,1-2H3. The Kier molecular flexibility index (Phi) is 4.94. The minimum Gasteiger partial charge on any atom is -0.496 e. The highest BCUT2D eigenvalue weighted by atomic mass is 32.1. The van der Waals surface area contributed by atoms with Gasteiger partial charge < -0.3 is 14.5 Å². The van der Waals surface area contributed by atoms with Gasteiger partial charge in [0.25, 0.3) is 5.91 Å². The molecule has 3 heterocycles. The molecule has 27 heavy (non-hydrogen) atoms. The van der Waals surface area contributed by atoms with Gasteiger partial charge in [-0.05, 0) is 24.6 Å². The summed E-state index contributed by atoms with van der Waals surface area (Å²) in [6, 6.07) is 9.58. The number of hydrogen-bond donors (Lipinski definition) is 0. The molecule has 0 saturated carbocycles. The summed E-state index contributed by atoms with van der Waals surface area (Å²) in [5.74, 6) is 1.61. The Morgan fingerprint density at radius 3 is 2.70 bits per heavy atom. The van der Waals surface area contributed by atoms with Gasteiger partial charge in [0.05, 0.1) is 18.1 Å². The molecule has 0 atom stereocenters. The Morgan fingerprint density at radius 1 is 1.19 bits per heavy atom. The number of methoxy groups -OCH3 is 1.